The van der Waals surface area contributed by atoms with Gasteiger partial charge >= 0.3 is 0 Å². The zero-order chi connectivity index (χ0) is 43.8. The summed E-state index contributed by atoms with van der Waals surface area (Å²) < 4.78 is 73.2. The van der Waals surface area contributed by atoms with Gasteiger partial charge < -0.3 is 18.9 Å². The SMILES string of the molecule is COc1ccc(C(C)(C)c2ccc(Oc3ccc(S(=O)(=O)c4ccc(C)cc4)cc3)cc2)cc1.COc1cccc(Oc2ccc(S(=O)(=O)c3ccc(C)cc3)cc2)c1C#N. The molecule has 310 valence electrons. The van der Waals surface area contributed by atoms with Gasteiger partial charge in [-0.3, -0.25) is 0 Å². The number of methoxy groups -OCH3 is 2. The Balaban J connectivity index is 0.000000210. The minimum absolute atomic E-state index is 0.171. The smallest absolute Gasteiger partial charge is 0.206 e. The van der Waals surface area contributed by atoms with Crippen LogP contribution >= 0.6 is 0 Å². The fraction of sp³-hybridized carbons (Fsp3) is 0.140. The second-order valence-corrected chi connectivity index (χ2v) is 18.5. The molecule has 0 radical (unpaired) electrons. The van der Waals surface area contributed by atoms with Gasteiger partial charge in [0.25, 0.3) is 0 Å². The number of hydrogen-bond donors (Lipinski definition) is 0. The first kappa shape index (κ1) is 43.7. The maximum Gasteiger partial charge on any atom is 0.206 e. The quantitative estimate of drug-likeness (QED) is 0.118. The number of ether oxygens (including phenoxy) is 4. The molecule has 9 nitrogen and oxygen atoms in total. The normalized spacial score (nSPS) is 11.4. The fourth-order valence-electron chi connectivity index (χ4n) is 6.33. The number of nitriles is 1. The highest BCUT2D eigenvalue weighted by Gasteiger charge is 2.24. The van der Waals surface area contributed by atoms with Crippen molar-refractivity contribution < 1.29 is 35.8 Å². The molecule has 0 unspecified atom stereocenters. The molecule has 0 aliphatic carbocycles. The molecule has 0 aliphatic heterocycles. The lowest BCUT2D eigenvalue weighted by Gasteiger charge is -2.26. The van der Waals surface area contributed by atoms with Crippen LogP contribution in [0.4, 0.5) is 0 Å². The topological polar surface area (TPSA) is 129 Å². The molecule has 0 amide bonds. The number of benzene rings is 7. The van der Waals surface area contributed by atoms with Crippen molar-refractivity contribution in [3.63, 3.8) is 0 Å². The van der Waals surface area contributed by atoms with E-state index in [9.17, 15) is 22.1 Å². The van der Waals surface area contributed by atoms with E-state index in [0.717, 1.165) is 22.4 Å². The van der Waals surface area contributed by atoms with Crippen molar-refractivity contribution in [2.24, 2.45) is 0 Å². The molecule has 61 heavy (non-hydrogen) atoms. The monoisotopic (exact) mass is 851 g/mol. The zero-order valence-corrected chi connectivity index (χ0v) is 36.3. The number of sulfone groups is 2. The summed E-state index contributed by atoms with van der Waals surface area (Å²) in [6.07, 6.45) is 0. The summed E-state index contributed by atoms with van der Waals surface area (Å²) in [5.41, 5.74) is 4.44. The van der Waals surface area contributed by atoms with Crippen LogP contribution in [0.5, 0.6) is 34.5 Å². The van der Waals surface area contributed by atoms with Crippen LogP contribution in [0.25, 0.3) is 0 Å². The average molecular weight is 852 g/mol. The molecule has 0 aromatic heterocycles. The molecule has 7 rings (SSSR count). The molecule has 7 aromatic carbocycles. The van der Waals surface area contributed by atoms with Crippen LogP contribution in [0.15, 0.2) is 183 Å². The molecule has 0 heterocycles. The number of aryl methyl sites for hydroxylation is 2. The lowest BCUT2D eigenvalue weighted by Crippen LogP contribution is -2.18. The predicted molar refractivity (Wildman–Crippen MR) is 236 cm³/mol. The van der Waals surface area contributed by atoms with Gasteiger partial charge in [0.05, 0.1) is 33.8 Å². The van der Waals surface area contributed by atoms with E-state index in [1.165, 1.54) is 24.8 Å². The minimum Gasteiger partial charge on any atom is -0.497 e. The van der Waals surface area contributed by atoms with Gasteiger partial charge in [-0.05, 0) is 134 Å². The van der Waals surface area contributed by atoms with E-state index in [1.807, 2.05) is 38.1 Å². The molecule has 0 saturated heterocycles. The van der Waals surface area contributed by atoms with Crippen LogP contribution in [0.1, 0.15) is 41.7 Å². The van der Waals surface area contributed by atoms with E-state index in [4.69, 9.17) is 18.9 Å². The van der Waals surface area contributed by atoms with E-state index < -0.39 is 19.7 Å². The first-order chi connectivity index (χ1) is 29.1. The Labute approximate surface area is 358 Å². The summed E-state index contributed by atoms with van der Waals surface area (Å²) in [5, 5.41) is 9.32. The Morgan fingerprint density at radius 1 is 0.443 bits per heavy atom. The fourth-order valence-corrected chi connectivity index (χ4v) is 8.86. The third-order valence-corrected chi connectivity index (χ3v) is 13.7. The molecule has 0 fully saturated rings. The molecule has 0 bridgehead atoms. The lowest BCUT2D eigenvalue weighted by atomic mass is 9.78. The van der Waals surface area contributed by atoms with Crippen LogP contribution < -0.4 is 18.9 Å². The van der Waals surface area contributed by atoms with Gasteiger partial charge in [0.1, 0.15) is 46.1 Å². The number of rotatable bonds is 12. The highest BCUT2D eigenvalue weighted by atomic mass is 32.2. The van der Waals surface area contributed by atoms with Gasteiger partial charge in [-0.2, -0.15) is 5.26 Å². The Kier molecular flexibility index (Phi) is 13.3. The standard InChI is InChI=1S/C29H28O4S.C21H17NO4S/c1-21-5-17-27(18-6-21)34(30,31)28-19-15-26(16-20-28)33-25-13-9-23(10-14-25)29(2,3)22-7-11-24(32-4)12-8-22;1-15-6-10-17(11-7-15)27(23,24)18-12-8-16(9-13-18)26-21-5-3-4-20(25-2)19(21)14-22/h5-20H,1-4H3;3-13H,1-2H3. The summed E-state index contributed by atoms with van der Waals surface area (Å²) in [6, 6.07) is 49.3. The Hall–Kier alpha value is -6.87. The highest BCUT2D eigenvalue weighted by molar-refractivity contribution is 7.91. The first-order valence-electron chi connectivity index (χ1n) is 19.2. The van der Waals surface area contributed by atoms with Crippen molar-refractivity contribution in [2.45, 2.75) is 52.7 Å². The zero-order valence-electron chi connectivity index (χ0n) is 34.6. The average Bonchev–Trinajstić information content (AvgIpc) is 3.27. The molecule has 0 saturated carbocycles. The third kappa shape index (κ3) is 10.1. The van der Waals surface area contributed by atoms with Crippen LogP contribution in [-0.2, 0) is 25.1 Å². The van der Waals surface area contributed by atoms with E-state index in [0.29, 0.717) is 28.7 Å². The van der Waals surface area contributed by atoms with Gasteiger partial charge in [0, 0.05) is 5.41 Å². The van der Waals surface area contributed by atoms with Gasteiger partial charge in [-0.15, -0.1) is 0 Å². The lowest BCUT2D eigenvalue weighted by molar-refractivity contribution is 0.407. The number of hydrogen-bond acceptors (Lipinski definition) is 9. The van der Waals surface area contributed by atoms with Crippen molar-refractivity contribution in [1.82, 2.24) is 0 Å². The largest absolute Gasteiger partial charge is 0.497 e. The maximum absolute atomic E-state index is 12.9. The Bertz CT molecular complexity index is 2850. The van der Waals surface area contributed by atoms with Crippen LogP contribution in [-0.4, -0.2) is 31.1 Å². The van der Waals surface area contributed by atoms with Crippen LogP contribution in [0.3, 0.4) is 0 Å². The summed E-state index contributed by atoms with van der Waals surface area (Å²) in [6.45, 7) is 8.18. The summed E-state index contributed by atoms with van der Waals surface area (Å²) in [5.74, 6) is 3.26. The summed E-state index contributed by atoms with van der Waals surface area (Å²) in [4.78, 5) is 0.924. The molecule has 0 N–H and O–H groups in total. The minimum atomic E-state index is -3.60. The molecule has 0 spiro atoms. The molecule has 7 aromatic rings. The molecule has 0 aliphatic rings. The van der Waals surface area contributed by atoms with Gasteiger partial charge in [-0.1, -0.05) is 79.6 Å². The van der Waals surface area contributed by atoms with Crippen LogP contribution in [0, 0.1) is 25.2 Å². The van der Waals surface area contributed by atoms with E-state index in [-0.39, 0.29) is 30.6 Å². The molecular weight excluding hydrogens is 807 g/mol. The van der Waals surface area contributed by atoms with Crippen molar-refractivity contribution in [1.29, 1.82) is 5.26 Å². The van der Waals surface area contributed by atoms with Gasteiger partial charge in [0.15, 0.2) is 0 Å². The van der Waals surface area contributed by atoms with E-state index >= 15 is 0 Å². The Morgan fingerprint density at radius 3 is 1.16 bits per heavy atom. The van der Waals surface area contributed by atoms with Crippen molar-refractivity contribution in [3.05, 3.63) is 192 Å². The number of nitrogens with zero attached hydrogens (tertiary/aromatic N) is 1. The first-order valence-corrected chi connectivity index (χ1v) is 22.1. The van der Waals surface area contributed by atoms with Crippen molar-refractivity contribution in [2.75, 3.05) is 14.2 Å². The summed E-state index contributed by atoms with van der Waals surface area (Å²) in [7, 11) is -4.02. The van der Waals surface area contributed by atoms with Gasteiger partial charge in [-0.25, -0.2) is 16.8 Å². The second-order valence-electron chi connectivity index (χ2n) is 14.6. The highest BCUT2D eigenvalue weighted by Crippen LogP contribution is 2.35. The van der Waals surface area contributed by atoms with Crippen molar-refractivity contribution >= 4 is 19.7 Å². The van der Waals surface area contributed by atoms with Gasteiger partial charge in [0.2, 0.25) is 19.7 Å². The molecule has 0 atom stereocenters. The predicted octanol–water partition coefficient (Wildman–Crippen LogP) is 11.5. The second kappa shape index (κ2) is 18.6. The maximum atomic E-state index is 12.9. The Morgan fingerprint density at radius 2 is 0.787 bits per heavy atom. The van der Waals surface area contributed by atoms with Crippen LogP contribution in [0.2, 0.25) is 0 Å². The third-order valence-electron chi connectivity index (χ3n) is 10.1. The summed E-state index contributed by atoms with van der Waals surface area (Å²) >= 11 is 0. The molecule has 11 heteroatoms. The van der Waals surface area contributed by atoms with Crippen molar-refractivity contribution in [3.8, 4) is 40.6 Å². The van der Waals surface area contributed by atoms with E-state index in [2.05, 4.69) is 44.2 Å². The van der Waals surface area contributed by atoms with E-state index in [1.54, 1.807) is 110 Å². The molecular formula is C50H45NO8S2.